The van der Waals surface area contributed by atoms with Crippen LogP contribution in [0.15, 0.2) is 42.5 Å². The number of rotatable bonds is 7. The number of hydrogen-bond donors (Lipinski definition) is 1. The van der Waals surface area contributed by atoms with Crippen LogP contribution in [0, 0.1) is 6.92 Å². The van der Waals surface area contributed by atoms with Crippen molar-refractivity contribution in [2.24, 2.45) is 0 Å². The Morgan fingerprint density at radius 1 is 1.14 bits per heavy atom. The minimum atomic E-state index is -0.547. The zero-order valence-electron chi connectivity index (χ0n) is 16.5. The number of ether oxygens (including phenoxy) is 2. The van der Waals surface area contributed by atoms with Gasteiger partial charge < -0.3 is 19.7 Å². The molecule has 0 radical (unpaired) electrons. The normalized spacial score (nSPS) is 13.1. The highest BCUT2D eigenvalue weighted by molar-refractivity contribution is 5.87. The van der Waals surface area contributed by atoms with Gasteiger partial charge in [0.05, 0.1) is 0 Å². The number of nitrogens with one attached hydrogen (secondary N) is 1. The first kappa shape index (κ1) is 19.7. The fourth-order valence-corrected chi connectivity index (χ4v) is 3.25. The first-order chi connectivity index (χ1) is 13.5. The van der Waals surface area contributed by atoms with Gasteiger partial charge in [0.2, 0.25) is 18.6 Å². The van der Waals surface area contributed by atoms with Crippen LogP contribution in [0.1, 0.15) is 30.0 Å². The lowest BCUT2D eigenvalue weighted by atomic mass is 10.1. The van der Waals surface area contributed by atoms with E-state index in [1.165, 1.54) is 0 Å². The van der Waals surface area contributed by atoms with Crippen molar-refractivity contribution in [2.75, 3.05) is 13.8 Å². The summed E-state index contributed by atoms with van der Waals surface area (Å²) < 4.78 is 10.7. The van der Waals surface area contributed by atoms with E-state index < -0.39 is 6.04 Å². The van der Waals surface area contributed by atoms with Crippen molar-refractivity contribution in [1.29, 1.82) is 0 Å². The molecule has 6 nitrogen and oxygen atoms in total. The number of amides is 2. The molecule has 6 heteroatoms. The molecule has 2 aromatic rings. The van der Waals surface area contributed by atoms with Crippen molar-refractivity contribution >= 4 is 11.8 Å². The zero-order chi connectivity index (χ0) is 20.1. The number of aryl methyl sites for hydroxylation is 2. The van der Waals surface area contributed by atoms with Crippen molar-refractivity contribution in [3.63, 3.8) is 0 Å². The molecule has 0 saturated heterocycles. The Morgan fingerprint density at radius 2 is 1.89 bits per heavy atom. The van der Waals surface area contributed by atoms with E-state index >= 15 is 0 Å². The highest BCUT2D eigenvalue weighted by atomic mass is 16.7. The van der Waals surface area contributed by atoms with Gasteiger partial charge in [-0.05, 0) is 49.1 Å². The SMILES string of the molecule is CNC(=O)[C@H](C)N(Cc1ccccc1C)C(=O)CCc1ccc2c(c1)OCO2. The average molecular weight is 382 g/mol. The molecule has 1 heterocycles. The lowest BCUT2D eigenvalue weighted by Crippen LogP contribution is -2.46. The van der Waals surface area contributed by atoms with Crippen molar-refractivity contribution in [3.05, 3.63) is 59.2 Å². The highest BCUT2D eigenvalue weighted by Gasteiger charge is 2.25. The van der Waals surface area contributed by atoms with Gasteiger partial charge in [-0.25, -0.2) is 0 Å². The quantitative estimate of drug-likeness (QED) is 0.800. The molecular formula is C22H26N2O4. The van der Waals surface area contributed by atoms with Gasteiger partial charge in [0, 0.05) is 20.0 Å². The number of likely N-dealkylation sites (N-methyl/N-ethyl adjacent to an activating group) is 1. The van der Waals surface area contributed by atoms with E-state index in [0.29, 0.717) is 25.1 Å². The van der Waals surface area contributed by atoms with Gasteiger partial charge in [-0.15, -0.1) is 0 Å². The van der Waals surface area contributed by atoms with Gasteiger partial charge in [-0.1, -0.05) is 30.3 Å². The molecule has 28 heavy (non-hydrogen) atoms. The summed E-state index contributed by atoms with van der Waals surface area (Å²) in [6.45, 7) is 4.40. The van der Waals surface area contributed by atoms with Crippen molar-refractivity contribution in [1.82, 2.24) is 10.2 Å². The van der Waals surface area contributed by atoms with Crippen LogP contribution in [-0.2, 0) is 22.6 Å². The fraction of sp³-hybridized carbons (Fsp3) is 0.364. The predicted octanol–water partition coefficient (Wildman–Crippen LogP) is 2.82. The summed E-state index contributed by atoms with van der Waals surface area (Å²) in [6.07, 6.45) is 0.882. The molecule has 0 aliphatic carbocycles. The van der Waals surface area contributed by atoms with Gasteiger partial charge in [0.25, 0.3) is 0 Å². The molecule has 1 N–H and O–H groups in total. The summed E-state index contributed by atoms with van der Waals surface area (Å²) in [7, 11) is 1.59. The Kier molecular flexibility index (Phi) is 6.19. The molecule has 0 spiro atoms. The topological polar surface area (TPSA) is 67.9 Å². The first-order valence-corrected chi connectivity index (χ1v) is 9.43. The summed E-state index contributed by atoms with van der Waals surface area (Å²) in [5, 5.41) is 2.64. The second-order valence-electron chi connectivity index (χ2n) is 6.93. The van der Waals surface area contributed by atoms with Crippen LogP contribution in [-0.4, -0.2) is 36.6 Å². The number of carbonyl (C=O) groups excluding carboxylic acids is 2. The molecule has 0 aromatic heterocycles. The number of nitrogens with zero attached hydrogens (tertiary/aromatic N) is 1. The van der Waals surface area contributed by atoms with Crippen molar-refractivity contribution in [3.8, 4) is 11.5 Å². The minimum Gasteiger partial charge on any atom is -0.454 e. The third-order valence-corrected chi connectivity index (χ3v) is 5.08. The number of fused-ring (bicyclic) bond motifs is 1. The molecule has 0 fully saturated rings. The second-order valence-corrected chi connectivity index (χ2v) is 6.93. The van der Waals surface area contributed by atoms with Crippen LogP contribution in [0.25, 0.3) is 0 Å². The molecule has 2 amide bonds. The summed E-state index contributed by atoms with van der Waals surface area (Å²) >= 11 is 0. The van der Waals surface area contributed by atoms with E-state index in [9.17, 15) is 9.59 Å². The Hall–Kier alpha value is -3.02. The first-order valence-electron chi connectivity index (χ1n) is 9.43. The minimum absolute atomic E-state index is 0.0583. The van der Waals surface area contributed by atoms with Crippen LogP contribution < -0.4 is 14.8 Å². The predicted molar refractivity (Wildman–Crippen MR) is 106 cm³/mol. The molecule has 148 valence electrons. The highest BCUT2D eigenvalue weighted by Crippen LogP contribution is 2.32. The summed E-state index contributed by atoms with van der Waals surface area (Å²) in [4.78, 5) is 26.9. The zero-order valence-corrected chi connectivity index (χ0v) is 16.5. The van der Waals surface area contributed by atoms with E-state index in [4.69, 9.17) is 9.47 Å². The van der Waals surface area contributed by atoms with Crippen molar-refractivity contribution in [2.45, 2.75) is 39.3 Å². The second kappa shape index (κ2) is 8.78. The van der Waals surface area contributed by atoms with Crippen LogP contribution in [0.5, 0.6) is 11.5 Å². The Morgan fingerprint density at radius 3 is 2.64 bits per heavy atom. The van der Waals surface area contributed by atoms with Crippen LogP contribution >= 0.6 is 0 Å². The standard InChI is InChI=1S/C22H26N2O4/c1-15-6-4-5-7-18(15)13-24(16(2)22(26)23-3)21(25)11-9-17-8-10-19-20(12-17)28-14-27-19/h4-8,10,12,16H,9,11,13-14H2,1-3H3,(H,23,26)/t16-/m0/s1. The molecular weight excluding hydrogens is 356 g/mol. The summed E-state index contributed by atoms with van der Waals surface area (Å²) in [5.74, 6) is 1.20. The molecule has 1 aliphatic rings. The van der Waals surface area contributed by atoms with Gasteiger partial charge >= 0.3 is 0 Å². The molecule has 0 bridgehead atoms. The average Bonchev–Trinajstić information content (AvgIpc) is 3.18. The summed E-state index contributed by atoms with van der Waals surface area (Å²) in [5.41, 5.74) is 3.14. The molecule has 2 aromatic carbocycles. The largest absolute Gasteiger partial charge is 0.454 e. The van der Waals surface area contributed by atoms with E-state index in [2.05, 4.69) is 5.32 Å². The molecule has 0 unspecified atom stereocenters. The van der Waals surface area contributed by atoms with Gasteiger partial charge in [0.15, 0.2) is 11.5 Å². The van der Waals surface area contributed by atoms with E-state index in [0.717, 1.165) is 22.4 Å². The van der Waals surface area contributed by atoms with Gasteiger partial charge in [0.1, 0.15) is 6.04 Å². The Balaban J connectivity index is 1.72. The van der Waals surface area contributed by atoms with Crippen LogP contribution in [0.3, 0.4) is 0 Å². The molecule has 1 atom stereocenters. The number of hydrogen-bond acceptors (Lipinski definition) is 4. The third-order valence-electron chi connectivity index (χ3n) is 5.08. The van der Waals surface area contributed by atoms with E-state index in [1.54, 1.807) is 18.9 Å². The molecule has 0 saturated carbocycles. The maximum absolute atomic E-state index is 13.0. The van der Waals surface area contributed by atoms with E-state index in [-0.39, 0.29) is 18.6 Å². The van der Waals surface area contributed by atoms with Crippen LogP contribution in [0.4, 0.5) is 0 Å². The summed E-state index contributed by atoms with van der Waals surface area (Å²) in [6, 6.07) is 13.1. The molecule has 1 aliphatic heterocycles. The van der Waals surface area contributed by atoms with Gasteiger partial charge in [-0.3, -0.25) is 9.59 Å². The lowest BCUT2D eigenvalue weighted by molar-refractivity contribution is -0.140. The van der Waals surface area contributed by atoms with Crippen molar-refractivity contribution < 1.29 is 19.1 Å². The molecule has 3 rings (SSSR count). The third kappa shape index (κ3) is 4.44. The smallest absolute Gasteiger partial charge is 0.242 e. The van der Waals surface area contributed by atoms with E-state index in [1.807, 2.05) is 49.4 Å². The number of benzene rings is 2. The maximum atomic E-state index is 13.0. The van der Waals surface area contributed by atoms with Crippen LogP contribution in [0.2, 0.25) is 0 Å². The Bertz CT molecular complexity index is 865. The fourth-order valence-electron chi connectivity index (χ4n) is 3.25. The monoisotopic (exact) mass is 382 g/mol. The number of carbonyl (C=O) groups is 2. The maximum Gasteiger partial charge on any atom is 0.242 e. The lowest BCUT2D eigenvalue weighted by Gasteiger charge is -2.29. The Labute approximate surface area is 165 Å². The van der Waals surface area contributed by atoms with Gasteiger partial charge in [-0.2, -0.15) is 0 Å².